The van der Waals surface area contributed by atoms with E-state index in [1.165, 1.54) is 15.3 Å². The quantitative estimate of drug-likeness (QED) is 0.779. The first-order valence-corrected chi connectivity index (χ1v) is 10.0. The number of para-hydroxylation sites is 1. The summed E-state index contributed by atoms with van der Waals surface area (Å²) in [5, 5.41) is 3.40. The van der Waals surface area contributed by atoms with E-state index in [1.54, 1.807) is 36.6 Å². The van der Waals surface area contributed by atoms with E-state index in [-0.39, 0.29) is 18.4 Å². The highest BCUT2D eigenvalue weighted by Crippen LogP contribution is 2.33. The van der Waals surface area contributed by atoms with Gasteiger partial charge in [-0.1, -0.05) is 36.2 Å². The molecule has 7 heteroatoms. The van der Waals surface area contributed by atoms with Gasteiger partial charge in [0.15, 0.2) is 0 Å². The molecule has 0 fully saturated rings. The monoisotopic (exact) mass is 410 g/mol. The highest BCUT2D eigenvalue weighted by molar-refractivity contribution is 7.14. The molecule has 4 nitrogen and oxygen atoms in total. The fraction of sp³-hybridized carbons (Fsp3) is 0.368. The Morgan fingerprint density at radius 1 is 1.31 bits per heavy atom. The lowest BCUT2D eigenvalue weighted by atomic mass is 9.90. The summed E-state index contributed by atoms with van der Waals surface area (Å²) in [6.07, 6.45) is 3.22. The van der Waals surface area contributed by atoms with Gasteiger partial charge in [0.05, 0.1) is 27.2 Å². The first kappa shape index (κ1) is 19.2. The van der Waals surface area contributed by atoms with Gasteiger partial charge >= 0.3 is 0 Å². The minimum atomic E-state index is -0.342. The van der Waals surface area contributed by atoms with Crippen LogP contribution in [0.25, 0.3) is 0 Å². The molecule has 0 saturated carbocycles. The van der Waals surface area contributed by atoms with E-state index >= 15 is 0 Å². The van der Waals surface area contributed by atoms with Gasteiger partial charge in [-0.05, 0) is 48.9 Å². The number of likely N-dealkylation sites (N-methyl/N-ethyl adjacent to an activating group) is 1. The number of hydrogen-bond acceptors (Lipinski definition) is 3. The Morgan fingerprint density at radius 3 is 2.69 bits per heavy atom. The summed E-state index contributed by atoms with van der Waals surface area (Å²) in [4.78, 5) is 28.4. The van der Waals surface area contributed by atoms with E-state index in [9.17, 15) is 9.59 Å². The molecule has 26 heavy (non-hydrogen) atoms. The number of anilines is 1. The van der Waals surface area contributed by atoms with E-state index < -0.39 is 0 Å². The molecular formula is C19H20Cl2N2O2S. The number of carbonyl (C=O) groups excluding carboxylic acids is 2. The van der Waals surface area contributed by atoms with Crippen molar-refractivity contribution < 1.29 is 9.59 Å². The van der Waals surface area contributed by atoms with Gasteiger partial charge in [-0.3, -0.25) is 9.59 Å². The molecule has 0 radical (unpaired) electrons. The van der Waals surface area contributed by atoms with Gasteiger partial charge in [-0.15, -0.1) is 11.3 Å². The Kier molecular flexibility index (Phi) is 5.90. The standard InChI is InChI=1S/C19H20Cl2N2O2S/c1-11-6-7-15-12(8-11)9-16(26-15)19(25)23(2)10-17(24)22-18-13(20)4-3-5-14(18)21/h3-5,9,11H,6-8,10H2,1-2H3,(H,22,24)/t11-/m0/s1. The van der Waals surface area contributed by atoms with Crippen LogP contribution in [0.5, 0.6) is 0 Å². The maximum Gasteiger partial charge on any atom is 0.264 e. The maximum absolute atomic E-state index is 12.7. The van der Waals surface area contributed by atoms with Crippen molar-refractivity contribution in [1.82, 2.24) is 4.90 Å². The molecule has 1 atom stereocenters. The first-order chi connectivity index (χ1) is 12.3. The van der Waals surface area contributed by atoms with E-state index in [0.29, 0.717) is 26.5 Å². The van der Waals surface area contributed by atoms with Crippen LogP contribution in [-0.4, -0.2) is 30.3 Å². The van der Waals surface area contributed by atoms with Crippen molar-refractivity contribution in [3.8, 4) is 0 Å². The van der Waals surface area contributed by atoms with E-state index in [2.05, 4.69) is 12.2 Å². The summed E-state index contributed by atoms with van der Waals surface area (Å²) in [5.74, 6) is 0.173. The van der Waals surface area contributed by atoms with Crippen LogP contribution in [0.3, 0.4) is 0 Å². The third-order valence-electron chi connectivity index (χ3n) is 4.49. The Hall–Kier alpha value is -1.56. The van der Waals surface area contributed by atoms with Crippen molar-refractivity contribution in [2.24, 2.45) is 5.92 Å². The molecular weight excluding hydrogens is 391 g/mol. The molecule has 1 N–H and O–H groups in total. The summed E-state index contributed by atoms with van der Waals surface area (Å²) in [6, 6.07) is 6.98. The minimum Gasteiger partial charge on any atom is -0.332 e. The van der Waals surface area contributed by atoms with Gasteiger partial charge in [0.25, 0.3) is 5.91 Å². The molecule has 0 aliphatic heterocycles. The van der Waals surface area contributed by atoms with Crippen LogP contribution in [0.2, 0.25) is 10.0 Å². The molecule has 0 spiro atoms. The molecule has 0 bridgehead atoms. The Bertz CT molecular complexity index is 830. The van der Waals surface area contributed by atoms with Crippen molar-refractivity contribution >= 4 is 52.0 Å². The zero-order chi connectivity index (χ0) is 18.8. The van der Waals surface area contributed by atoms with E-state index in [1.807, 2.05) is 6.07 Å². The van der Waals surface area contributed by atoms with Crippen LogP contribution in [0.4, 0.5) is 5.69 Å². The van der Waals surface area contributed by atoms with Crippen LogP contribution >= 0.6 is 34.5 Å². The molecule has 0 unspecified atom stereocenters. The fourth-order valence-corrected chi connectivity index (χ4v) is 4.78. The number of hydrogen-bond donors (Lipinski definition) is 1. The van der Waals surface area contributed by atoms with Crippen LogP contribution in [0, 0.1) is 5.92 Å². The van der Waals surface area contributed by atoms with Crippen molar-refractivity contribution in [3.63, 3.8) is 0 Å². The van der Waals surface area contributed by atoms with Gasteiger partial charge in [0, 0.05) is 11.9 Å². The summed E-state index contributed by atoms with van der Waals surface area (Å²) >= 11 is 13.7. The molecule has 1 aliphatic carbocycles. The molecule has 1 aromatic carbocycles. The number of rotatable bonds is 4. The lowest BCUT2D eigenvalue weighted by Crippen LogP contribution is -2.34. The van der Waals surface area contributed by atoms with Crippen molar-refractivity contribution in [2.75, 3.05) is 18.9 Å². The largest absolute Gasteiger partial charge is 0.332 e. The second-order valence-corrected chi connectivity index (χ2v) is 8.66. The third kappa shape index (κ3) is 4.22. The summed E-state index contributed by atoms with van der Waals surface area (Å²) in [6.45, 7) is 2.16. The molecule has 3 rings (SSSR count). The summed E-state index contributed by atoms with van der Waals surface area (Å²) in [7, 11) is 1.62. The van der Waals surface area contributed by atoms with Crippen LogP contribution < -0.4 is 5.32 Å². The third-order valence-corrected chi connectivity index (χ3v) is 6.35. The average Bonchev–Trinajstić information content (AvgIpc) is 3.00. The second kappa shape index (κ2) is 7.99. The molecule has 0 saturated heterocycles. The van der Waals surface area contributed by atoms with Gasteiger partial charge in [0.1, 0.15) is 0 Å². The molecule has 2 aromatic rings. The normalized spacial score (nSPS) is 16.1. The van der Waals surface area contributed by atoms with E-state index in [4.69, 9.17) is 23.2 Å². The smallest absolute Gasteiger partial charge is 0.264 e. The van der Waals surface area contributed by atoms with Crippen molar-refractivity contribution in [2.45, 2.75) is 26.2 Å². The van der Waals surface area contributed by atoms with Crippen LogP contribution in [0.15, 0.2) is 24.3 Å². The predicted octanol–water partition coefficient (Wildman–Crippen LogP) is 4.89. The summed E-state index contributed by atoms with van der Waals surface area (Å²) in [5.41, 5.74) is 1.64. The molecule has 1 heterocycles. The number of thiophene rings is 1. The maximum atomic E-state index is 12.7. The number of amides is 2. The van der Waals surface area contributed by atoms with Gasteiger partial charge in [-0.25, -0.2) is 0 Å². The van der Waals surface area contributed by atoms with Crippen LogP contribution in [0.1, 0.15) is 33.5 Å². The van der Waals surface area contributed by atoms with Gasteiger partial charge in [0.2, 0.25) is 5.91 Å². The molecule has 138 valence electrons. The topological polar surface area (TPSA) is 49.4 Å². The van der Waals surface area contributed by atoms with Crippen molar-refractivity contribution in [1.29, 1.82) is 0 Å². The number of aryl methyl sites for hydroxylation is 1. The lowest BCUT2D eigenvalue weighted by Gasteiger charge is -2.16. The zero-order valence-corrected chi connectivity index (χ0v) is 17.0. The lowest BCUT2D eigenvalue weighted by molar-refractivity contribution is -0.116. The van der Waals surface area contributed by atoms with Gasteiger partial charge < -0.3 is 10.2 Å². The highest BCUT2D eigenvalue weighted by Gasteiger charge is 2.23. The Balaban J connectivity index is 1.65. The molecule has 1 aliphatic rings. The van der Waals surface area contributed by atoms with Gasteiger partial charge in [-0.2, -0.15) is 0 Å². The number of benzene rings is 1. The number of nitrogens with zero attached hydrogens (tertiary/aromatic N) is 1. The van der Waals surface area contributed by atoms with Crippen LogP contribution in [-0.2, 0) is 17.6 Å². The highest BCUT2D eigenvalue weighted by atomic mass is 35.5. The number of halogens is 2. The molecule has 2 amide bonds. The Morgan fingerprint density at radius 2 is 2.00 bits per heavy atom. The first-order valence-electron chi connectivity index (χ1n) is 8.46. The number of fused-ring (bicyclic) bond motifs is 1. The average molecular weight is 411 g/mol. The fourth-order valence-electron chi connectivity index (χ4n) is 3.08. The SMILES string of the molecule is C[C@H]1CCc2sc(C(=O)N(C)CC(=O)Nc3c(Cl)cccc3Cl)cc2C1. The zero-order valence-electron chi connectivity index (χ0n) is 14.6. The van der Waals surface area contributed by atoms with Crippen molar-refractivity contribution in [3.05, 3.63) is 49.6 Å². The summed E-state index contributed by atoms with van der Waals surface area (Å²) < 4.78 is 0. The van der Waals surface area contributed by atoms with E-state index in [0.717, 1.165) is 19.3 Å². The second-order valence-electron chi connectivity index (χ2n) is 6.71. The number of nitrogens with one attached hydrogen (secondary N) is 1. The minimum absolute atomic E-state index is 0.0701. The predicted molar refractivity (Wildman–Crippen MR) is 108 cm³/mol. The Labute approximate surface area is 167 Å². The number of carbonyl (C=O) groups is 2. The molecule has 1 aromatic heterocycles.